The van der Waals surface area contributed by atoms with Gasteiger partial charge in [-0.25, -0.2) is 13.1 Å². The molecule has 0 bridgehead atoms. The van der Waals surface area contributed by atoms with Gasteiger partial charge < -0.3 is 46.9 Å². The Bertz CT molecular complexity index is 2190. The first-order chi connectivity index (χ1) is 28.8. The summed E-state index contributed by atoms with van der Waals surface area (Å²) >= 11 is 0. The van der Waals surface area contributed by atoms with E-state index in [-0.39, 0.29) is 42.8 Å². The molecule has 2 aliphatic heterocycles. The molecule has 0 aromatic heterocycles. The fourth-order valence-electron chi connectivity index (χ4n) is 7.41. The number of aliphatic carboxylic acids is 1. The summed E-state index contributed by atoms with van der Waals surface area (Å²) in [7, 11) is -4.20. The van der Waals surface area contributed by atoms with E-state index in [1.807, 2.05) is 20.8 Å². The van der Waals surface area contributed by atoms with Gasteiger partial charge in [0.25, 0.3) is 15.9 Å². The molecular weight excluding hydrogens is 825 g/mol. The maximum absolute atomic E-state index is 14.0. The van der Waals surface area contributed by atoms with E-state index in [0.29, 0.717) is 35.3 Å². The van der Waals surface area contributed by atoms with Crippen LogP contribution in [0, 0.1) is 20.8 Å². The number of carbonyl (C=O) groups is 6. The molecule has 19 nitrogen and oxygen atoms in total. The number of guanidine groups is 1. The summed E-state index contributed by atoms with van der Waals surface area (Å²) in [5, 5.41) is 16.8. The number of aliphatic imine (C=N–C) groups is 1. The van der Waals surface area contributed by atoms with Crippen LogP contribution < -0.4 is 36.9 Å². The molecule has 20 heteroatoms. The van der Waals surface area contributed by atoms with E-state index in [4.69, 9.17) is 20.9 Å². The van der Waals surface area contributed by atoms with Crippen molar-refractivity contribution in [2.45, 2.75) is 134 Å². The normalized spacial score (nSPS) is 18.3. The third-order valence-electron chi connectivity index (χ3n) is 10.5. The lowest BCUT2D eigenvalue weighted by molar-refractivity contribution is -0.156. The Balaban J connectivity index is 1.48. The van der Waals surface area contributed by atoms with E-state index in [1.165, 1.54) is 4.90 Å². The molecule has 0 radical (unpaired) electrons. The van der Waals surface area contributed by atoms with Gasteiger partial charge in [0.2, 0.25) is 23.7 Å². The van der Waals surface area contributed by atoms with E-state index < -0.39 is 99.9 Å². The minimum absolute atomic E-state index is 0.0720. The van der Waals surface area contributed by atoms with Gasteiger partial charge in [-0.05, 0) is 122 Å². The molecule has 1 saturated heterocycles. The largest absolute Gasteiger partial charge is 0.487 e. The number of likely N-dealkylation sites (tertiary alicyclic amines) is 1. The number of esters is 1. The Kier molecular flexibility index (Phi) is 15.7. The van der Waals surface area contributed by atoms with Crippen molar-refractivity contribution in [1.82, 2.24) is 25.6 Å². The molecule has 2 aliphatic rings. The molecule has 0 aliphatic carbocycles. The van der Waals surface area contributed by atoms with Crippen molar-refractivity contribution >= 4 is 51.6 Å². The number of carboxylic acids is 1. The summed E-state index contributed by atoms with van der Waals surface area (Å²) < 4.78 is 41.2. The van der Waals surface area contributed by atoms with Gasteiger partial charge >= 0.3 is 11.9 Å². The van der Waals surface area contributed by atoms with Crippen molar-refractivity contribution in [1.29, 1.82) is 0 Å². The first kappa shape index (κ1) is 48.9. The molecule has 2 heterocycles. The lowest BCUT2D eigenvalue weighted by Gasteiger charge is -2.35. The lowest BCUT2D eigenvalue weighted by Crippen LogP contribution is -2.53. The standard InChI is InChI=1S/C42H60N8O11S/c1-23-24(2)35(25(3)28-16-17-42(7,8)61-34(23)28)62(58,59)49-40(44)45-18-12-15-30(37(55)46-21-32(51)52)48-38(56)31-19-27(22-50(31)39(57)26-13-10-9-11-14-26)47-36(54)29(43)20-33(53)60-41(4,5)6/h9-11,13-14,27,29-31H,12,15-22,43H2,1-8H3,(H,46,55)(H,47,54)(H,48,56)(H,51,52)(H3,44,45,49)/t27-,29+,30+,31+/m1/s1. The fourth-order valence-corrected chi connectivity index (χ4v) is 8.94. The zero-order valence-corrected chi connectivity index (χ0v) is 37.4. The highest BCUT2D eigenvalue weighted by atomic mass is 32.2. The van der Waals surface area contributed by atoms with Gasteiger partial charge in [0.1, 0.15) is 35.6 Å². The van der Waals surface area contributed by atoms with Crippen molar-refractivity contribution < 1.29 is 51.8 Å². The average molecular weight is 885 g/mol. The number of carbonyl (C=O) groups excluding carboxylic acids is 5. The smallest absolute Gasteiger partial charge is 0.322 e. The van der Waals surface area contributed by atoms with Crippen LogP contribution in [-0.2, 0) is 45.2 Å². The highest BCUT2D eigenvalue weighted by Gasteiger charge is 2.42. The van der Waals surface area contributed by atoms with Crippen LogP contribution >= 0.6 is 0 Å². The second-order valence-electron chi connectivity index (χ2n) is 17.2. The molecule has 0 unspecified atom stereocenters. The van der Waals surface area contributed by atoms with Crippen molar-refractivity contribution in [2.24, 2.45) is 16.5 Å². The number of rotatable bonds is 16. The van der Waals surface area contributed by atoms with Crippen molar-refractivity contribution in [3.63, 3.8) is 0 Å². The lowest BCUT2D eigenvalue weighted by atomic mass is 9.88. The Morgan fingerprint density at radius 3 is 2.32 bits per heavy atom. The zero-order valence-electron chi connectivity index (χ0n) is 36.5. The number of ether oxygens (including phenoxy) is 2. The van der Waals surface area contributed by atoms with E-state index in [9.17, 15) is 42.3 Å². The van der Waals surface area contributed by atoms with Gasteiger partial charge in [-0.1, -0.05) is 18.2 Å². The predicted octanol–water partition coefficient (Wildman–Crippen LogP) is 1.23. The number of amides is 4. The summed E-state index contributed by atoms with van der Waals surface area (Å²) in [6.45, 7) is 13.2. The number of hydrogen-bond acceptors (Lipinski definition) is 12. The van der Waals surface area contributed by atoms with E-state index in [0.717, 1.165) is 5.56 Å². The van der Waals surface area contributed by atoms with Crippen molar-refractivity contribution in [3.8, 4) is 5.75 Å². The predicted molar refractivity (Wildman–Crippen MR) is 229 cm³/mol. The van der Waals surface area contributed by atoms with Crippen LogP contribution in [-0.4, -0.2) is 115 Å². The molecule has 0 saturated carbocycles. The quantitative estimate of drug-likeness (QED) is 0.0541. The molecule has 0 spiro atoms. The van der Waals surface area contributed by atoms with Crippen LogP contribution in [0.5, 0.6) is 5.75 Å². The summed E-state index contributed by atoms with van der Waals surface area (Å²) in [6, 6.07) is 3.51. The number of carboxylic acid groups (broad SMARTS) is 1. The van der Waals surface area contributed by atoms with Crippen LogP contribution in [0.25, 0.3) is 0 Å². The van der Waals surface area contributed by atoms with E-state index in [1.54, 1.807) is 65.0 Å². The number of fused-ring (bicyclic) bond motifs is 1. The maximum Gasteiger partial charge on any atom is 0.322 e. The summed E-state index contributed by atoms with van der Waals surface area (Å²) in [5.41, 5.74) is 13.7. The molecule has 2 aromatic carbocycles. The fraction of sp³-hybridized carbons (Fsp3) is 0.548. The minimum atomic E-state index is -4.20. The van der Waals surface area contributed by atoms with Crippen molar-refractivity contribution in [3.05, 3.63) is 58.1 Å². The number of nitrogens with zero attached hydrogens (tertiary/aromatic N) is 2. The second kappa shape index (κ2) is 20.0. The van der Waals surface area contributed by atoms with Gasteiger partial charge in [-0.15, -0.1) is 0 Å². The van der Waals surface area contributed by atoms with Gasteiger partial charge in [0.05, 0.1) is 17.4 Å². The van der Waals surface area contributed by atoms with Gasteiger partial charge in [0.15, 0.2) is 0 Å². The van der Waals surface area contributed by atoms with Gasteiger partial charge in [0, 0.05) is 24.7 Å². The Labute approximate surface area is 362 Å². The third-order valence-corrected chi connectivity index (χ3v) is 12.2. The van der Waals surface area contributed by atoms with E-state index in [2.05, 4.69) is 25.7 Å². The van der Waals surface area contributed by atoms with Crippen LogP contribution in [0.3, 0.4) is 0 Å². The SMILES string of the molecule is Cc1c(C)c(S(=O)(=O)NC(N)=NCCC[C@H](NC(=O)[C@@H]2C[C@@H](NC(=O)[C@@H](N)CC(=O)OC(C)(C)C)CN2C(=O)c2ccccc2)C(=O)NCC(=O)O)c(C)c2c1OC(C)(C)CC2. The molecule has 4 atom stereocenters. The number of sulfonamides is 1. The molecule has 4 amide bonds. The molecule has 62 heavy (non-hydrogen) atoms. The molecule has 9 N–H and O–H groups in total. The van der Waals surface area contributed by atoms with Crippen molar-refractivity contribution in [2.75, 3.05) is 19.6 Å². The Hall–Kier alpha value is -5.76. The second-order valence-corrected chi connectivity index (χ2v) is 18.9. The highest BCUT2D eigenvalue weighted by molar-refractivity contribution is 7.90. The average Bonchev–Trinajstić information content (AvgIpc) is 3.59. The third kappa shape index (κ3) is 12.9. The molecule has 1 fully saturated rings. The molecular formula is C42H60N8O11S. The molecule has 4 rings (SSSR count). The van der Waals surface area contributed by atoms with Crippen LogP contribution in [0.2, 0.25) is 0 Å². The minimum Gasteiger partial charge on any atom is -0.487 e. The highest BCUT2D eigenvalue weighted by Crippen LogP contribution is 2.42. The van der Waals surface area contributed by atoms with Crippen LogP contribution in [0.1, 0.15) is 99.3 Å². The number of nitrogens with two attached hydrogens (primary N) is 2. The van der Waals surface area contributed by atoms with Crippen LogP contribution in [0.15, 0.2) is 40.2 Å². The topological polar surface area (TPSA) is 291 Å². The Morgan fingerprint density at radius 2 is 1.69 bits per heavy atom. The molecule has 2 aromatic rings. The Morgan fingerprint density at radius 1 is 1.03 bits per heavy atom. The number of benzene rings is 2. The number of hydrogen-bond donors (Lipinski definition) is 7. The molecule has 340 valence electrons. The summed E-state index contributed by atoms with van der Waals surface area (Å²) in [4.78, 5) is 83.1. The summed E-state index contributed by atoms with van der Waals surface area (Å²) in [5.74, 6) is -4.59. The summed E-state index contributed by atoms with van der Waals surface area (Å²) in [6.07, 6.45) is 0.801. The monoisotopic (exact) mass is 884 g/mol. The maximum atomic E-state index is 14.0. The van der Waals surface area contributed by atoms with Crippen LogP contribution in [0.4, 0.5) is 0 Å². The first-order valence-corrected chi connectivity index (χ1v) is 21.9. The van der Waals surface area contributed by atoms with E-state index >= 15 is 0 Å². The number of nitrogens with one attached hydrogen (secondary N) is 4. The zero-order chi connectivity index (χ0) is 46.3. The van der Waals surface area contributed by atoms with Gasteiger partial charge in [-0.3, -0.25) is 33.8 Å². The first-order valence-electron chi connectivity index (χ1n) is 20.4. The van der Waals surface area contributed by atoms with Gasteiger partial charge in [-0.2, -0.15) is 0 Å².